The highest BCUT2D eigenvalue weighted by Crippen LogP contribution is 2.19. The first-order valence-electron chi connectivity index (χ1n) is 17.4. The van der Waals surface area contributed by atoms with E-state index in [1.807, 2.05) is 0 Å². The van der Waals surface area contributed by atoms with Crippen molar-refractivity contribution in [3.05, 3.63) is 12.2 Å². The molecule has 0 aromatic heterocycles. The Bertz CT molecular complexity index is 643. The number of carboxylic acids is 3. The first-order chi connectivity index (χ1) is 20.3. The van der Waals surface area contributed by atoms with Crippen LogP contribution >= 0.6 is 0 Å². The van der Waals surface area contributed by atoms with Crippen LogP contribution in [-0.4, -0.2) is 58.8 Å². The average molecular weight is 596 g/mol. The van der Waals surface area contributed by atoms with Gasteiger partial charge in [-0.1, -0.05) is 103 Å². The fourth-order valence-electron chi connectivity index (χ4n) is 5.94. The van der Waals surface area contributed by atoms with Crippen LogP contribution in [-0.2, 0) is 14.4 Å². The maximum atomic E-state index is 11.1. The van der Waals surface area contributed by atoms with Gasteiger partial charge in [0, 0.05) is 25.2 Å². The van der Waals surface area contributed by atoms with Crippen molar-refractivity contribution in [3.63, 3.8) is 0 Å². The third-order valence-electron chi connectivity index (χ3n) is 8.45. The second kappa shape index (κ2) is 29.2. The lowest BCUT2D eigenvalue weighted by Gasteiger charge is -2.39. The Morgan fingerprint density at radius 3 is 1.21 bits per heavy atom. The van der Waals surface area contributed by atoms with Crippen LogP contribution in [0.2, 0.25) is 0 Å². The number of carbonyl (C=O) groups excluding carboxylic acids is 1. The van der Waals surface area contributed by atoms with E-state index in [4.69, 9.17) is 10.2 Å². The molecule has 0 aliphatic rings. The fraction of sp³-hybridized carbons (Fsp3) is 0.857. The highest BCUT2D eigenvalue weighted by molar-refractivity contribution is 5.66. The number of allylic oxidation sites excluding steroid dienone is 2. The smallest absolute Gasteiger partial charge is 0.303 e. The van der Waals surface area contributed by atoms with Crippen molar-refractivity contribution < 1.29 is 34.2 Å². The van der Waals surface area contributed by atoms with E-state index in [1.165, 1.54) is 109 Å². The van der Waals surface area contributed by atoms with E-state index in [0.29, 0.717) is 43.4 Å². The van der Waals surface area contributed by atoms with E-state index >= 15 is 0 Å². The zero-order valence-corrected chi connectivity index (χ0v) is 27.1. The maximum absolute atomic E-state index is 11.1. The molecule has 2 N–H and O–H groups in total. The predicted octanol–water partition coefficient (Wildman–Crippen LogP) is 8.05. The van der Waals surface area contributed by atoms with Gasteiger partial charge in [0.05, 0.1) is 39.0 Å². The quantitative estimate of drug-likeness (QED) is 0.0451. The fourth-order valence-corrected chi connectivity index (χ4v) is 5.94. The van der Waals surface area contributed by atoms with Crippen LogP contribution in [0.3, 0.4) is 0 Å². The van der Waals surface area contributed by atoms with Gasteiger partial charge >= 0.3 is 11.9 Å². The van der Waals surface area contributed by atoms with Gasteiger partial charge in [-0.05, 0) is 44.9 Å². The minimum Gasteiger partial charge on any atom is -0.550 e. The second-order valence-corrected chi connectivity index (χ2v) is 12.4. The van der Waals surface area contributed by atoms with Crippen LogP contribution in [0.15, 0.2) is 12.2 Å². The van der Waals surface area contributed by atoms with Gasteiger partial charge in [0.25, 0.3) is 0 Å². The number of rotatable bonds is 33. The molecule has 0 aromatic rings. The number of hydrogen-bond donors (Lipinski definition) is 2. The van der Waals surface area contributed by atoms with Gasteiger partial charge in [0.15, 0.2) is 0 Å². The SMILES string of the molecule is CCCCCCCCCC/C=C/CCCCCCCCCCC[N+](CCCC(=O)[O-])(CCCC(=O)O)CCCC(=O)O. The van der Waals surface area contributed by atoms with Gasteiger partial charge in [0.2, 0.25) is 0 Å². The summed E-state index contributed by atoms with van der Waals surface area (Å²) in [4.78, 5) is 33.1. The average Bonchev–Trinajstić information content (AvgIpc) is 2.93. The lowest BCUT2D eigenvalue weighted by Crippen LogP contribution is -2.51. The van der Waals surface area contributed by atoms with Crippen molar-refractivity contribution in [1.29, 1.82) is 0 Å². The van der Waals surface area contributed by atoms with Crippen LogP contribution < -0.4 is 5.11 Å². The molecule has 0 bridgehead atoms. The summed E-state index contributed by atoms with van der Waals surface area (Å²) in [6, 6.07) is 0. The van der Waals surface area contributed by atoms with Crippen LogP contribution in [0.1, 0.15) is 167 Å². The molecule has 246 valence electrons. The molecule has 7 heteroatoms. The van der Waals surface area contributed by atoms with E-state index in [2.05, 4.69) is 19.1 Å². The number of hydrogen-bond acceptors (Lipinski definition) is 4. The van der Waals surface area contributed by atoms with Crippen LogP contribution in [0.25, 0.3) is 0 Å². The van der Waals surface area contributed by atoms with Crippen molar-refractivity contribution in [2.45, 2.75) is 167 Å². The third-order valence-corrected chi connectivity index (χ3v) is 8.45. The maximum Gasteiger partial charge on any atom is 0.303 e. The normalized spacial score (nSPS) is 11.8. The summed E-state index contributed by atoms with van der Waals surface area (Å²) in [6.07, 6.45) is 30.8. The molecule has 7 nitrogen and oxygen atoms in total. The van der Waals surface area contributed by atoms with Crippen LogP contribution in [0, 0.1) is 0 Å². The van der Waals surface area contributed by atoms with Gasteiger partial charge in [-0.25, -0.2) is 0 Å². The molecule has 0 atom stereocenters. The number of carbonyl (C=O) groups is 3. The molecular weight excluding hydrogens is 530 g/mol. The zero-order valence-electron chi connectivity index (χ0n) is 27.1. The Kier molecular flexibility index (Phi) is 27.9. The first kappa shape index (κ1) is 40.1. The summed E-state index contributed by atoms with van der Waals surface area (Å²) < 4.78 is 0.613. The van der Waals surface area contributed by atoms with E-state index in [-0.39, 0.29) is 19.3 Å². The minimum absolute atomic E-state index is 0.0204. The number of aliphatic carboxylic acids is 3. The minimum atomic E-state index is -1.07. The van der Waals surface area contributed by atoms with E-state index in [9.17, 15) is 19.5 Å². The molecule has 0 unspecified atom stereocenters. The van der Waals surface area contributed by atoms with Gasteiger partial charge in [-0.3, -0.25) is 9.59 Å². The predicted molar refractivity (Wildman–Crippen MR) is 170 cm³/mol. The largest absolute Gasteiger partial charge is 0.550 e. The standard InChI is InChI=1S/C35H65NO6/c1-2-3-4-5-6-7-8-9-10-11-12-13-14-15-16-17-18-19-20-21-22-29-36(30-23-26-33(37)38,31-24-27-34(39)40)32-25-28-35(41)42/h11-12H,2-10,13-32H2,1H3,(H2-,37,38,39,40,41,42)/b12-11+. The number of quaternary nitrogens is 1. The van der Waals surface area contributed by atoms with Gasteiger partial charge in [-0.15, -0.1) is 0 Å². The van der Waals surface area contributed by atoms with Gasteiger partial charge < -0.3 is 24.6 Å². The van der Waals surface area contributed by atoms with Gasteiger partial charge in [-0.2, -0.15) is 0 Å². The van der Waals surface area contributed by atoms with Crippen molar-refractivity contribution in [1.82, 2.24) is 0 Å². The van der Waals surface area contributed by atoms with Crippen LogP contribution in [0.4, 0.5) is 0 Å². The summed E-state index contributed by atoms with van der Waals surface area (Å²) in [5, 5.41) is 29.2. The number of unbranched alkanes of at least 4 members (excludes halogenated alkanes) is 17. The molecule has 0 aliphatic carbocycles. The Labute approximate surface area is 257 Å². The molecule has 0 spiro atoms. The summed E-state index contributed by atoms with van der Waals surface area (Å²) in [5.41, 5.74) is 0. The molecule has 42 heavy (non-hydrogen) atoms. The molecule has 0 saturated carbocycles. The molecule has 0 amide bonds. The van der Waals surface area contributed by atoms with Crippen molar-refractivity contribution in [2.75, 3.05) is 26.2 Å². The summed E-state index contributed by atoms with van der Waals surface area (Å²) in [6.45, 7) is 5.03. The second-order valence-electron chi connectivity index (χ2n) is 12.4. The van der Waals surface area contributed by atoms with Crippen molar-refractivity contribution in [2.24, 2.45) is 0 Å². The van der Waals surface area contributed by atoms with Crippen LogP contribution in [0.5, 0.6) is 0 Å². The monoisotopic (exact) mass is 595 g/mol. The van der Waals surface area contributed by atoms with Crippen molar-refractivity contribution >= 4 is 17.9 Å². The number of nitrogens with zero attached hydrogens (tertiary/aromatic N) is 1. The summed E-state index contributed by atoms with van der Waals surface area (Å²) in [5.74, 6) is -2.74. The van der Waals surface area contributed by atoms with E-state index in [0.717, 1.165) is 19.4 Å². The Morgan fingerprint density at radius 1 is 0.500 bits per heavy atom. The molecule has 0 radical (unpaired) electrons. The first-order valence-corrected chi connectivity index (χ1v) is 17.4. The topological polar surface area (TPSA) is 115 Å². The van der Waals surface area contributed by atoms with Crippen molar-refractivity contribution in [3.8, 4) is 0 Å². The molecule has 0 aliphatic heterocycles. The molecule has 0 saturated heterocycles. The lowest BCUT2D eigenvalue weighted by atomic mass is 10.0. The molecule has 0 heterocycles. The zero-order chi connectivity index (χ0) is 31.2. The lowest BCUT2D eigenvalue weighted by molar-refractivity contribution is -0.929. The van der Waals surface area contributed by atoms with Gasteiger partial charge in [0.1, 0.15) is 0 Å². The Morgan fingerprint density at radius 2 is 0.833 bits per heavy atom. The summed E-state index contributed by atoms with van der Waals surface area (Å²) >= 11 is 0. The molecular formula is C35H65NO6. The molecule has 0 aromatic carbocycles. The molecule has 0 rings (SSSR count). The highest BCUT2D eigenvalue weighted by Gasteiger charge is 2.26. The van der Waals surface area contributed by atoms with E-state index in [1.54, 1.807) is 0 Å². The Hall–Kier alpha value is -1.89. The number of carboxylic acid groups (broad SMARTS) is 3. The summed E-state index contributed by atoms with van der Waals surface area (Å²) in [7, 11) is 0. The van der Waals surface area contributed by atoms with E-state index < -0.39 is 17.9 Å². The third kappa shape index (κ3) is 28.2. The molecule has 0 fully saturated rings. The highest BCUT2D eigenvalue weighted by atomic mass is 16.4. The Balaban J connectivity index is 4.06.